The number of carbonyl (C=O) groups excluding carboxylic acids is 2. The highest BCUT2D eigenvalue weighted by Gasteiger charge is 2.15. The van der Waals surface area contributed by atoms with E-state index in [2.05, 4.69) is 26.0 Å². The van der Waals surface area contributed by atoms with Gasteiger partial charge in [0.25, 0.3) is 0 Å². The van der Waals surface area contributed by atoms with E-state index in [1.165, 1.54) is 17.6 Å². The van der Waals surface area contributed by atoms with Crippen LogP contribution in [0.5, 0.6) is 11.5 Å². The van der Waals surface area contributed by atoms with Crippen LogP contribution in [0.4, 0.5) is 5.69 Å². The number of anilines is 1. The van der Waals surface area contributed by atoms with Crippen LogP contribution in [-0.2, 0) is 15.3 Å². The Balaban J connectivity index is 1.59. The van der Waals surface area contributed by atoms with Gasteiger partial charge in [0.2, 0.25) is 0 Å². The van der Waals surface area contributed by atoms with E-state index in [1.54, 1.807) is 49.2 Å². The summed E-state index contributed by atoms with van der Waals surface area (Å²) >= 11 is 3.09. The molecule has 11 heteroatoms. The Morgan fingerprint density at radius 3 is 2.70 bits per heavy atom. The Morgan fingerprint density at radius 1 is 1.15 bits per heavy atom. The summed E-state index contributed by atoms with van der Waals surface area (Å²) in [5, 5.41) is 15.5. The number of para-hydroxylation sites is 2. The Morgan fingerprint density at radius 2 is 1.97 bits per heavy atom. The lowest BCUT2D eigenvalue weighted by Crippen LogP contribution is -2.32. The highest BCUT2D eigenvalue weighted by atomic mass is 32.2. The highest BCUT2D eigenvalue weighted by molar-refractivity contribution is 8.00. The van der Waals surface area contributed by atoms with E-state index in [0.29, 0.717) is 23.8 Å². The summed E-state index contributed by atoms with van der Waals surface area (Å²) in [5.74, 6) is 0.106. The van der Waals surface area contributed by atoms with E-state index in [0.717, 1.165) is 26.2 Å². The lowest BCUT2D eigenvalue weighted by atomic mass is 10.1. The number of thioether (sulfide) groups is 1. The number of rotatable bonds is 9. The van der Waals surface area contributed by atoms with Crippen molar-refractivity contribution in [1.82, 2.24) is 15.6 Å². The van der Waals surface area contributed by atoms with Gasteiger partial charge >= 0.3 is 11.8 Å². The topological polar surface area (TPSA) is 115 Å². The molecule has 3 aromatic rings. The zero-order valence-corrected chi connectivity index (χ0v) is 20.0. The first-order chi connectivity index (χ1) is 16.0. The number of ether oxygens (including phenoxy) is 2. The number of hydrogen-bond acceptors (Lipinski definition) is 9. The van der Waals surface area contributed by atoms with E-state index >= 15 is 0 Å². The number of carbonyl (C=O) groups is 2. The minimum Gasteiger partial charge on any atom is -0.496 e. The van der Waals surface area contributed by atoms with Crippen molar-refractivity contribution in [1.29, 1.82) is 0 Å². The maximum Gasteiger partial charge on any atom is 0.329 e. The maximum absolute atomic E-state index is 12.2. The van der Waals surface area contributed by atoms with E-state index in [1.807, 2.05) is 26.0 Å². The molecule has 2 N–H and O–H groups in total. The van der Waals surface area contributed by atoms with Gasteiger partial charge in [0.05, 0.1) is 25.6 Å². The number of nitrogens with one attached hydrogen (secondary N) is 2. The molecule has 1 aromatic heterocycles. The summed E-state index contributed by atoms with van der Waals surface area (Å²) in [7, 11) is 1.61. The van der Waals surface area contributed by atoms with Crippen LogP contribution in [0.2, 0.25) is 0 Å². The van der Waals surface area contributed by atoms with Crippen molar-refractivity contribution in [3.05, 3.63) is 58.6 Å². The molecule has 2 amide bonds. The molecule has 0 aliphatic rings. The van der Waals surface area contributed by atoms with E-state index in [-0.39, 0.29) is 0 Å². The summed E-state index contributed by atoms with van der Waals surface area (Å²) in [4.78, 5) is 24.3. The first kappa shape index (κ1) is 24.2. The molecule has 3 rings (SSSR count). The average Bonchev–Trinajstić information content (AvgIpc) is 3.24. The van der Waals surface area contributed by atoms with Gasteiger partial charge in [-0.25, -0.2) is 5.43 Å². The van der Waals surface area contributed by atoms with E-state index < -0.39 is 11.8 Å². The Bertz CT molecular complexity index is 1150. The van der Waals surface area contributed by atoms with Gasteiger partial charge in [-0.1, -0.05) is 35.2 Å². The van der Waals surface area contributed by atoms with Crippen LogP contribution in [0, 0.1) is 6.92 Å². The fourth-order valence-corrected chi connectivity index (χ4v) is 4.51. The SMILES string of the molecule is CCOc1ccccc1NC(=O)C(=O)N/N=C/c1ccc(OC)c(CSc2nnc(C)s2)c1. The molecule has 0 radical (unpaired) electrons. The third kappa shape index (κ3) is 7.02. The molecule has 0 fully saturated rings. The van der Waals surface area contributed by atoms with Gasteiger partial charge in [0.1, 0.15) is 16.5 Å². The van der Waals surface area contributed by atoms with Crippen molar-refractivity contribution < 1.29 is 19.1 Å². The van der Waals surface area contributed by atoms with Gasteiger partial charge in [-0.3, -0.25) is 9.59 Å². The predicted molar refractivity (Wildman–Crippen MR) is 129 cm³/mol. The number of nitrogens with zero attached hydrogens (tertiary/aromatic N) is 3. The van der Waals surface area contributed by atoms with Gasteiger partial charge in [-0.2, -0.15) is 5.10 Å². The van der Waals surface area contributed by atoms with Crippen LogP contribution in [0.1, 0.15) is 23.1 Å². The third-order valence-electron chi connectivity index (χ3n) is 4.18. The zero-order valence-electron chi connectivity index (χ0n) is 18.3. The Labute approximate surface area is 199 Å². The molecule has 0 saturated heterocycles. The number of hydrazone groups is 1. The standard InChI is InChI=1S/C22H23N5O4S2/c1-4-31-19-8-6-5-7-17(19)24-20(28)21(29)26-23-12-15-9-10-18(30-3)16(11-15)13-32-22-27-25-14(2)33-22/h5-12H,4,13H2,1-3H3,(H,24,28)(H,26,29)/b23-12+. The Hall–Kier alpha value is -3.44. The van der Waals surface area contributed by atoms with Crippen LogP contribution in [0.15, 0.2) is 51.9 Å². The number of aryl methyl sites for hydroxylation is 1. The average molecular weight is 486 g/mol. The number of amides is 2. The summed E-state index contributed by atoms with van der Waals surface area (Å²) < 4.78 is 11.7. The summed E-state index contributed by atoms with van der Waals surface area (Å²) in [6.45, 7) is 4.18. The smallest absolute Gasteiger partial charge is 0.329 e. The number of hydrogen-bond donors (Lipinski definition) is 2. The largest absolute Gasteiger partial charge is 0.496 e. The number of aromatic nitrogens is 2. The van der Waals surface area contributed by atoms with Crippen LogP contribution in [0.25, 0.3) is 0 Å². The molecule has 0 unspecified atom stereocenters. The molecule has 0 aliphatic carbocycles. The molecule has 33 heavy (non-hydrogen) atoms. The fourth-order valence-electron chi connectivity index (χ4n) is 2.71. The molecule has 9 nitrogen and oxygen atoms in total. The van der Waals surface area contributed by atoms with Gasteiger partial charge in [0.15, 0.2) is 4.34 Å². The normalized spacial score (nSPS) is 10.8. The van der Waals surface area contributed by atoms with Crippen molar-refractivity contribution >= 4 is 46.8 Å². The van der Waals surface area contributed by atoms with Crippen molar-refractivity contribution in [2.45, 2.75) is 23.9 Å². The predicted octanol–water partition coefficient (Wildman–Crippen LogP) is 3.63. The third-order valence-corrected chi connectivity index (χ3v) is 6.20. The first-order valence-electron chi connectivity index (χ1n) is 9.96. The molecular weight excluding hydrogens is 462 g/mol. The van der Waals surface area contributed by atoms with E-state index in [4.69, 9.17) is 9.47 Å². The first-order valence-corrected chi connectivity index (χ1v) is 11.8. The Kier molecular flexibility index (Phi) is 8.79. The summed E-state index contributed by atoms with van der Waals surface area (Å²) in [6, 6.07) is 12.4. The van der Waals surface area contributed by atoms with Gasteiger partial charge in [-0.15, -0.1) is 10.2 Å². The maximum atomic E-state index is 12.2. The van der Waals surface area contributed by atoms with Crippen LogP contribution in [-0.4, -0.2) is 41.9 Å². The molecule has 0 saturated carbocycles. The van der Waals surface area contributed by atoms with Gasteiger partial charge in [0, 0.05) is 11.3 Å². The zero-order chi connectivity index (χ0) is 23.6. The van der Waals surface area contributed by atoms with Crippen molar-refractivity contribution in [3.63, 3.8) is 0 Å². The van der Waals surface area contributed by atoms with E-state index in [9.17, 15) is 9.59 Å². The summed E-state index contributed by atoms with van der Waals surface area (Å²) in [5.41, 5.74) is 4.32. The molecule has 0 spiro atoms. The van der Waals surface area contributed by atoms with Crippen LogP contribution < -0.4 is 20.2 Å². The minimum absolute atomic E-state index is 0.409. The highest BCUT2D eigenvalue weighted by Crippen LogP contribution is 2.30. The van der Waals surface area contributed by atoms with Crippen molar-refractivity contribution in [2.75, 3.05) is 19.0 Å². The summed E-state index contributed by atoms with van der Waals surface area (Å²) in [6.07, 6.45) is 1.46. The second kappa shape index (κ2) is 12.0. The quantitative estimate of drug-likeness (QED) is 0.206. The monoisotopic (exact) mass is 485 g/mol. The van der Waals surface area contributed by atoms with Crippen molar-refractivity contribution in [2.24, 2.45) is 5.10 Å². The lowest BCUT2D eigenvalue weighted by molar-refractivity contribution is -0.136. The molecule has 1 heterocycles. The van der Waals surface area contributed by atoms with Gasteiger partial charge in [-0.05, 0) is 49.7 Å². The second-order valence-corrected chi connectivity index (χ2v) is 8.93. The van der Waals surface area contributed by atoms with Gasteiger partial charge < -0.3 is 14.8 Å². The molecular formula is C22H23N5O4S2. The molecule has 172 valence electrons. The molecule has 0 atom stereocenters. The number of methoxy groups -OCH3 is 1. The molecule has 0 bridgehead atoms. The van der Waals surface area contributed by atoms with Crippen LogP contribution in [0.3, 0.4) is 0 Å². The molecule has 2 aromatic carbocycles. The van der Waals surface area contributed by atoms with Crippen molar-refractivity contribution in [3.8, 4) is 11.5 Å². The number of benzene rings is 2. The fraction of sp³-hybridized carbons (Fsp3) is 0.227. The van der Waals surface area contributed by atoms with Crippen LogP contribution >= 0.6 is 23.1 Å². The second-order valence-electron chi connectivity index (χ2n) is 6.53. The minimum atomic E-state index is -0.895. The molecule has 0 aliphatic heterocycles. The lowest BCUT2D eigenvalue weighted by Gasteiger charge is -2.10.